The second-order valence-electron chi connectivity index (χ2n) is 7.98. The molecule has 1 aliphatic rings. The normalized spacial score (nSPS) is 17.7. The molecule has 1 aliphatic heterocycles. The summed E-state index contributed by atoms with van der Waals surface area (Å²) in [6.07, 6.45) is 0.367. The smallest absolute Gasteiger partial charge is 0.313 e. The van der Waals surface area contributed by atoms with Crippen LogP contribution in [0.3, 0.4) is 0 Å². The SMILES string of the molecule is CCN(CC)c1ccc(NC(=O)C(=O)N(CCN(C)C)C2CCS(=O)(=O)C2)c(C)c1. The van der Waals surface area contributed by atoms with Crippen LogP contribution >= 0.6 is 0 Å². The second-order valence-corrected chi connectivity index (χ2v) is 10.2. The van der Waals surface area contributed by atoms with Crippen LogP contribution in [-0.2, 0) is 19.4 Å². The summed E-state index contributed by atoms with van der Waals surface area (Å²) < 4.78 is 23.8. The Morgan fingerprint density at radius 1 is 1.13 bits per heavy atom. The summed E-state index contributed by atoms with van der Waals surface area (Å²) >= 11 is 0. The Bertz CT molecular complexity index is 866. The Balaban J connectivity index is 2.15. The molecule has 2 rings (SSSR count). The Labute approximate surface area is 180 Å². The summed E-state index contributed by atoms with van der Waals surface area (Å²) in [6.45, 7) is 8.67. The maximum atomic E-state index is 12.9. The van der Waals surface area contributed by atoms with E-state index in [2.05, 4.69) is 24.1 Å². The fourth-order valence-corrected chi connectivity index (χ4v) is 5.39. The van der Waals surface area contributed by atoms with E-state index in [1.165, 1.54) is 4.90 Å². The van der Waals surface area contributed by atoms with Gasteiger partial charge in [-0.05, 0) is 65.0 Å². The molecule has 0 spiro atoms. The quantitative estimate of drug-likeness (QED) is 0.617. The van der Waals surface area contributed by atoms with Gasteiger partial charge in [0.05, 0.1) is 11.5 Å². The number of carbonyl (C=O) groups excluding carboxylic acids is 2. The van der Waals surface area contributed by atoms with Crippen LogP contribution in [-0.4, -0.2) is 87.9 Å². The van der Waals surface area contributed by atoms with Gasteiger partial charge in [-0.1, -0.05) is 0 Å². The lowest BCUT2D eigenvalue weighted by Gasteiger charge is -2.29. The summed E-state index contributed by atoms with van der Waals surface area (Å²) in [5.74, 6) is -1.46. The first-order valence-electron chi connectivity index (χ1n) is 10.4. The third-order valence-electron chi connectivity index (χ3n) is 5.48. The zero-order valence-corrected chi connectivity index (χ0v) is 19.5. The number of benzene rings is 1. The van der Waals surface area contributed by atoms with Gasteiger partial charge in [-0.25, -0.2) is 8.42 Å². The number of nitrogens with one attached hydrogen (secondary N) is 1. The molecule has 1 aromatic rings. The number of sulfone groups is 1. The lowest BCUT2D eigenvalue weighted by molar-refractivity contribution is -0.144. The van der Waals surface area contributed by atoms with Crippen LogP contribution in [0.1, 0.15) is 25.8 Å². The molecule has 2 amide bonds. The van der Waals surface area contributed by atoms with Crippen molar-refractivity contribution >= 4 is 33.0 Å². The number of likely N-dealkylation sites (N-methyl/N-ethyl adjacent to an activating group) is 1. The first-order chi connectivity index (χ1) is 14.1. The molecule has 0 saturated carbocycles. The highest BCUT2D eigenvalue weighted by Gasteiger charge is 2.36. The van der Waals surface area contributed by atoms with Gasteiger partial charge in [0.15, 0.2) is 9.84 Å². The molecule has 30 heavy (non-hydrogen) atoms. The van der Waals surface area contributed by atoms with Gasteiger partial charge >= 0.3 is 11.8 Å². The van der Waals surface area contributed by atoms with E-state index in [9.17, 15) is 18.0 Å². The Morgan fingerprint density at radius 2 is 1.80 bits per heavy atom. The first-order valence-corrected chi connectivity index (χ1v) is 12.2. The highest BCUT2D eigenvalue weighted by atomic mass is 32.2. The van der Waals surface area contributed by atoms with Gasteiger partial charge in [-0.3, -0.25) is 9.59 Å². The molecule has 1 N–H and O–H groups in total. The maximum Gasteiger partial charge on any atom is 0.313 e. The van der Waals surface area contributed by atoms with Crippen molar-refractivity contribution in [1.82, 2.24) is 9.80 Å². The number of carbonyl (C=O) groups is 2. The summed E-state index contributed by atoms with van der Waals surface area (Å²) in [4.78, 5) is 31.2. The van der Waals surface area contributed by atoms with Gasteiger partial charge in [0, 0.05) is 43.6 Å². The van der Waals surface area contributed by atoms with Gasteiger partial charge in [0.2, 0.25) is 0 Å². The number of anilines is 2. The van der Waals surface area contributed by atoms with Gasteiger partial charge in [0.25, 0.3) is 0 Å². The van der Waals surface area contributed by atoms with Gasteiger partial charge in [0.1, 0.15) is 0 Å². The monoisotopic (exact) mass is 438 g/mol. The standard InChI is InChI=1S/C21H34N4O4S/c1-6-24(7-2)17-8-9-19(16(3)14-17)22-20(26)21(27)25(12-11-23(4)5)18-10-13-30(28,29)15-18/h8-9,14,18H,6-7,10-13,15H2,1-5H3,(H,22,26). The second kappa shape index (κ2) is 10.3. The zero-order chi connectivity index (χ0) is 22.5. The fraction of sp³-hybridized carbons (Fsp3) is 0.619. The molecule has 0 radical (unpaired) electrons. The minimum absolute atomic E-state index is 0.0525. The molecule has 1 fully saturated rings. The highest BCUT2D eigenvalue weighted by Crippen LogP contribution is 2.23. The molecular formula is C21H34N4O4S. The molecular weight excluding hydrogens is 404 g/mol. The van der Waals surface area contributed by atoms with E-state index in [0.717, 1.165) is 24.3 Å². The van der Waals surface area contributed by atoms with Crippen molar-refractivity contribution < 1.29 is 18.0 Å². The molecule has 1 heterocycles. The van der Waals surface area contributed by atoms with Crippen LogP contribution in [0.15, 0.2) is 18.2 Å². The van der Waals surface area contributed by atoms with Crippen LogP contribution in [0.2, 0.25) is 0 Å². The van der Waals surface area contributed by atoms with E-state index in [4.69, 9.17) is 0 Å². The fourth-order valence-electron chi connectivity index (χ4n) is 3.66. The molecule has 0 aromatic heterocycles. The molecule has 1 unspecified atom stereocenters. The number of rotatable bonds is 8. The number of hydrogen-bond donors (Lipinski definition) is 1. The third-order valence-corrected chi connectivity index (χ3v) is 7.23. The summed E-state index contributed by atoms with van der Waals surface area (Å²) in [6, 6.07) is 5.26. The minimum atomic E-state index is -3.17. The maximum absolute atomic E-state index is 12.9. The number of nitrogens with zero attached hydrogens (tertiary/aromatic N) is 3. The molecule has 1 saturated heterocycles. The largest absolute Gasteiger partial charge is 0.372 e. The van der Waals surface area contributed by atoms with Gasteiger partial charge in [-0.2, -0.15) is 0 Å². The summed E-state index contributed by atoms with van der Waals surface area (Å²) in [5, 5.41) is 2.71. The van der Waals surface area contributed by atoms with Crippen molar-refractivity contribution in [1.29, 1.82) is 0 Å². The highest BCUT2D eigenvalue weighted by molar-refractivity contribution is 7.91. The number of aryl methyl sites for hydroxylation is 1. The van der Waals surface area contributed by atoms with E-state index < -0.39 is 27.7 Å². The van der Waals surface area contributed by atoms with E-state index in [1.54, 1.807) is 6.07 Å². The number of amides is 2. The molecule has 0 aliphatic carbocycles. The zero-order valence-electron chi connectivity index (χ0n) is 18.6. The van der Waals surface area contributed by atoms with Crippen LogP contribution in [0.25, 0.3) is 0 Å². The van der Waals surface area contributed by atoms with E-state index in [-0.39, 0.29) is 11.5 Å². The third kappa shape index (κ3) is 6.18. The van der Waals surface area contributed by atoms with Gasteiger partial charge < -0.3 is 20.0 Å². The first kappa shape index (κ1) is 24.1. The van der Waals surface area contributed by atoms with Crippen molar-refractivity contribution in [3.8, 4) is 0 Å². The minimum Gasteiger partial charge on any atom is -0.372 e. The molecule has 1 atom stereocenters. The van der Waals surface area contributed by atoms with Crippen LogP contribution in [0.5, 0.6) is 0 Å². The molecule has 9 heteroatoms. The topological polar surface area (TPSA) is 90.0 Å². The van der Waals surface area contributed by atoms with E-state index >= 15 is 0 Å². The molecule has 0 bridgehead atoms. The Hall–Kier alpha value is -2.13. The predicted molar refractivity (Wildman–Crippen MR) is 121 cm³/mol. The number of hydrogen-bond acceptors (Lipinski definition) is 6. The summed E-state index contributed by atoms with van der Waals surface area (Å²) in [7, 11) is 0.574. The van der Waals surface area contributed by atoms with E-state index in [1.807, 2.05) is 38.1 Å². The van der Waals surface area contributed by atoms with Crippen LogP contribution < -0.4 is 10.2 Å². The molecule has 1 aromatic carbocycles. The average molecular weight is 439 g/mol. The van der Waals surface area contributed by atoms with Crippen molar-refractivity contribution in [2.75, 3.05) is 62.0 Å². The predicted octanol–water partition coefficient (Wildman–Crippen LogP) is 1.36. The van der Waals surface area contributed by atoms with Crippen molar-refractivity contribution in [2.45, 2.75) is 33.2 Å². The Kier molecular flexibility index (Phi) is 8.25. The van der Waals surface area contributed by atoms with Gasteiger partial charge in [-0.15, -0.1) is 0 Å². The molecule has 8 nitrogen and oxygen atoms in total. The summed E-state index contributed by atoms with van der Waals surface area (Å²) in [5.41, 5.74) is 2.50. The van der Waals surface area contributed by atoms with Crippen molar-refractivity contribution in [3.63, 3.8) is 0 Å². The van der Waals surface area contributed by atoms with Crippen molar-refractivity contribution in [3.05, 3.63) is 23.8 Å². The molecule has 168 valence electrons. The van der Waals surface area contributed by atoms with Crippen molar-refractivity contribution in [2.24, 2.45) is 0 Å². The van der Waals surface area contributed by atoms with E-state index in [0.29, 0.717) is 25.2 Å². The lowest BCUT2D eigenvalue weighted by Crippen LogP contribution is -2.49. The van der Waals surface area contributed by atoms with Crippen LogP contribution in [0.4, 0.5) is 11.4 Å². The van der Waals surface area contributed by atoms with Crippen LogP contribution in [0, 0.1) is 6.92 Å². The Morgan fingerprint density at radius 3 is 2.30 bits per heavy atom. The lowest BCUT2D eigenvalue weighted by atomic mass is 10.1. The average Bonchev–Trinajstić information content (AvgIpc) is 3.04.